The first-order valence-electron chi connectivity index (χ1n) is 4.45. The second kappa shape index (κ2) is 3.66. The first-order chi connectivity index (χ1) is 7.41. The van der Waals surface area contributed by atoms with Gasteiger partial charge in [-0.2, -0.15) is 13.2 Å². The van der Waals surface area contributed by atoms with Crippen molar-refractivity contribution in [1.29, 1.82) is 0 Å². The number of benzene rings is 2. The van der Waals surface area contributed by atoms with Crippen molar-refractivity contribution < 1.29 is 13.2 Å². The minimum Gasteiger partial charge on any atom is -0.398 e. The Hall–Kier alpha value is -1.23. The van der Waals surface area contributed by atoms with Crippen LogP contribution in [0, 0.1) is 0 Å². The molecule has 0 saturated heterocycles. The Bertz CT molecular complexity index is 549. The molecule has 0 heterocycles. The summed E-state index contributed by atoms with van der Waals surface area (Å²) in [4.78, 5) is 0. The van der Waals surface area contributed by atoms with Gasteiger partial charge in [0, 0.05) is 9.86 Å². The lowest BCUT2D eigenvalue weighted by Gasteiger charge is -2.13. The van der Waals surface area contributed by atoms with Crippen LogP contribution >= 0.6 is 15.9 Å². The molecule has 0 fully saturated rings. The van der Waals surface area contributed by atoms with Gasteiger partial charge >= 0.3 is 6.18 Å². The largest absolute Gasteiger partial charge is 0.418 e. The monoisotopic (exact) mass is 289 g/mol. The molecule has 84 valence electrons. The van der Waals surface area contributed by atoms with Gasteiger partial charge in [-0.3, -0.25) is 0 Å². The number of halogens is 4. The summed E-state index contributed by atoms with van der Waals surface area (Å²) in [5.74, 6) is 0. The van der Waals surface area contributed by atoms with Crippen molar-refractivity contribution in [3.8, 4) is 0 Å². The van der Waals surface area contributed by atoms with Crippen LogP contribution in [0.2, 0.25) is 0 Å². The molecule has 0 spiro atoms. The summed E-state index contributed by atoms with van der Waals surface area (Å²) < 4.78 is 38.4. The maximum absolute atomic E-state index is 12.7. The topological polar surface area (TPSA) is 26.0 Å². The smallest absolute Gasteiger partial charge is 0.398 e. The Balaban J connectivity index is 2.86. The van der Waals surface area contributed by atoms with Gasteiger partial charge in [-0.1, -0.05) is 40.2 Å². The Kier molecular flexibility index (Phi) is 2.58. The zero-order valence-electron chi connectivity index (χ0n) is 7.98. The minimum atomic E-state index is -4.43. The molecule has 0 aliphatic rings. The van der Waals surface area contributed by atoms with E-state index in [1.54, 1.807) is 24.3 Å². The van der Waals surface area contributed by atoms with Gasteiger partial charge in [-0.05, 0) is 11.5 Å². The first-order valence-corrected chi connectivity index (χ1v) is 5.24. The van der Waals surface area contributed by atoms with Crippen molar-refractivity contribution >= 4 is 32.4 Å². The third-order valence-corrected chi connectivity index (χ3v) is 3.00. The van der Waals surface area contributed by atoms with Gasteiger partial charge in [-0.15, -0.1) is 0 Å². The van der Waals surface area contributed by atoms with Crippen LogP contribution in [0.4, 0.5) is 18.9 Å². The number of nitrogens with two attached hydrogens (primary N) is 1. The van der Waals surface area contributed by atoms with E-state index in [-0.39, 0.29) is 5.69 Å². The summed E-state index contributed by atoms with van der Waals surface area (Å²) in [6, 6.07) is 7.71. The molecule has 0 aromatic heterocycles. The summed E-state index contributed by atoms with van der Waals surface area (Å²) in [6.07, 6.45) is -4.43. The van der Waals surface area contributed by atoms with Crippen molar-refractivity contribution in [2.24, 2.45) is 0 Å². The second-order valence-electron chi connectivity index (χ2n) is 3.36. The standard InChI is InChI=1S/C11H7BrF3N/c12-9-5-8(11(13,14)15)10(16)7-4-2-1-3-6(7)9/h1-5H,16H2. The summed E-state index contributed by atoms with van der Waals surface area (Å²) in [6.45, 7) is 0. The molecular weight excluding hydrogens is 283 g/mol. The fourth-order valence-electron chi connectivity index (χ4n) is 1.59. The molecule has 0 amide bonds. The Labute approximate surface area is 98.2 Å². The van der Waals surface area contributed by atoms with Crippen LogP contribution in [0.25, 0.3) is 10.8 Å². The van der Waals surface area contributed by atoms with E-state index in [0.29, 0.717) is 15.2 Å². The number of alkyl halides is 3. The van der Waals surface area contributed by atoms with E-state index in [2.05, 4.69) is 15.9 Å². The van der Waals surface area contributed by atoms with E-state index >= 15 is 0 Å². The maximum Gasteiger partial charge on any atom is 0.418 e. The van der Waals surface area contributed by atoms with Crippen molar-refractivity contribution in [3.05, 3.63) is 40.4 Å². The molecule has 1 nitrogen and oxygen atoms in total. The number of fused-ring (bicyclic) bond motifs is 1. The molecule has 0 unspecified atom stereocenters. The van der Waals surface area contributed by atoms with E-state index in [1.165, 1.54) is 0 Å². The molecule has 2 N–H and O–H groups in total. The van der Waals surface area contributed by atoms with E-state index in [4.69, 9.17) is 5.73 Å². The van der Waals surface area contributed by atoms with Gasteiger partial charge in [0.2, 0.25) is 0 Å². The van der Waals surface area contributed by atoms with Crippen LogP contribution in [-0.4, -0.2) is 0 Å². The molecule has 2 rings (SSSR count). The Morgan fingerprint density at radius 1 is 1.06 bits per heavy atom. The number of hydrogen-bond donors (Lipinski definition) is 1. The van der Waals surface area contributed by atoms with E-state index in [0.717, 1.165) is 6.07 Å². The third-order valence-electron chi connectivity index (χ3n) is 2.34. The molecule has 5 heteroatoms. The van der Waals surface area contributed by atoms with Gasteiger partial charge < -0.3 is 5.73 Å². The number of nitrogen functional groups attached to an aromatic ring is 1. The average Bonchev–Trinajstić information content (AvgIpc) is 2.22. The van der Waals surface area contributed by atoms with E-state index < -0.39 is 11.7 Å². The van der Waals surface area contributed by atoms with Crippen LogP contribution in [0.1, 0.15) is 5.56 Å². The Morgan fingerprint density at radius 2 is 1.62 bits per heavy atom. The van der Waals surface area contributed by atoms with Gasteiger partial charge in [0.05, 0.1) is 11.3 Å². The summed E-state index contributed by atoms with van der Waals surface area (Å²) in [5, 5.41) is 1.08. The van der Waals surface area contributed by atoms with Gasteiger partial charge in [0.1, 0.15) is 0 Å². The SMILES string of the molecule is Nc1c(C(F)(F)F)cc(Br)c2ccccc12. The highest BCUT2D eigenvalue weighted by atomic mass is 79.9. The highest BCUT2D eigenvalue weighted by Gasteiger charge is 2.34. The van der Waals surface area contributed by atoms with E-state index in [9.17, 15) is 13.2 Å². The van der Waals surface area contributed by atoms with Crippen molar-refractivity contribution in [2.75, 3.05) is 5.73 Å². The second-order valence-corrected chi connectivity index (χ2v) is 4.22. The quantitative estimate of drug-likeness (QED) is 0.723. The average molecular weight is 290 g/mol. The first kappa shape index (κ1) is 11.3. The summed E-state index contributed by atoms with van der Waals surface area (Å²) >= 11 is 3.12. The molecule has 0 bridgehead atoms. The predicted octanol–water partition coefficient (Wildman–Crippen LogP) is 4.20. The van der Waals surface area contributed by atoms with Crippen LogP contribution < -0.4 is 5.73 Å². The molecular formula is C11H7BrF3N. The van der Waals surface area contributed by atoms with Gasteiger partial charge in [0.15, 0.2) is 0 Å². The molecule has 16 heavy (non-hydrogen) atoms. The maximum atomic E-state index is 12.7. The Morgan fingerprint density at radius 3 is 2.19 bits per heavy atom. The highest BCUT2D eigenvalue weighted by Crippen LogP contribution is 2.40. The van der Waals surface area contributed by atoms with Gasteiger partial charge in [-0.25, -0.2) is 0 Å². The zero-order chi connectivity index (χ0) is 11.9. The summed E-state index contributed by atoms with van der Waals surface area (Å²) in [7, 11) is 0. The van der Waals surface area contributed by atoms with Gasteiger partial charge in [0.25, 0.3) is 0 Å². The third kappa shape index (κ3) is 1.75. The zero-order valence-corrected chi connectivity index (χ0v) is 9.56. The normalized spacial score (nSPS) is 12.0. The molecule has 0 aliphatic carbocycles. The van der Waals surface area contributed by atoms with Crippen LogP contribution in [0.5, 0.6) is 0 Å². The summed E-state index contributed by atoms with van der Waals surface area (Å²) in [5.41, 5.74) is 4.50. The molecule has 2 aromatic carbocycles. The number of rotatable bonds is 0. The lowest BCUT2D eigenvalue weighted by Crippen LogP contribution is -2.09. The molecule has 0 radical (unpaired) electrons. The molecule has 0 atom stereocenters. The predicted molar refractivity (Wildman–Crippen MR) is 61.1 cm³/mol. The highest BCUT2D eigenvalue weighted by molar-refractivity contribution is 9.10. The fourth-order valence-corrected chi connectivity index (χ4v) is 2.16. The van der Waals surface area contributed by atoms with Crippen molar-refractivity contribution in [2.45, 2.75) is 6.18 Å². The van der Waals surface area contributed by atoms with E-state index in [1.807, 2.05) is 0 Å². The van der Waals surface area contributed by atoms with Crippen molar-refractivity contribution in [1.82, 2.24) is 0 Å². The number of anilines is 1. The molecule has 2 aromatic rings. The number of hydrogen-bond acceptors (Lipinski definition) is 1. The molecule has 0 aliphatic heterocycles. The van der Waals surface area contributed by atoms with Crippen LogP contribution in [0.3, 0.4) is 0 Å². The lowest BCUT2D eigenvalue weighted by atomic mass is 10.0. The lowest BCUT2D eigenvalue weighted by molar-refractivity contribution is -0.136. The molecule has 0 saturated carbocycles. The van der Waals surface area contributed by atoms with Crippen LogP contribution in [0.15, 0.2) is 34.8 Å². The van der Waals surface area contributed by atoms with Crippen LogP contribution in [-0.2, 0) is 6.18 Å². The minimum absolute atomic E-state index is 0.230. The van der Waals surface area contributed by atoms with Crippen molar-refractivity contribution in [3.63, 3.8) is 0 Å². The fraction of sp³-hybridized carbons (Fsp3) is 0.0909.